The molecule has 0 spiro atoms. The Kier molecular flexibility index (Phi) is 4.90. The number of benzene rings is 6. The Hall–Kier alpha value is -4.95. The van der Waals surface area contributed by atoms with Gasteiger partial charge in [0.2, 0.25) is 0 Å². The first-order chi connectivity index (χ1) is 19.5. The molecule has 8 rings (SSSR count). The molecule has 0 bridgehead atoms. The molecule has 2 heterocycles. The molecule has 0 aliphatic rings. The van der Waals surface area contributed by atoms with Crippen LogP contribution in [-0.2, 0) is 0 Å². The van der Waals surface area contributed by atoms with Crippen molar-refractivity contribution in [1.29, 1.82) is 0 Å². The number of aromatic nitrogens is 1. The SMILES string of the molecule is Cc1cc(C)c2oc3c(-c4cccc(-c5ccc6c7ccccc7c7ccccc7c6n5)c4)cc(C)cc3c2c1. The first-order valence-corrected chi connectivity index (χ1v) is 13.8. The Labute approximate surface area is 232 Å². The molecule has 0 radical (unpaired) electrons. The van der Waals surface area contributed by atoms with Gasteiger partial charge in [0.25, 0.3) is 0 Å². The van der Waals surface area contributed by atoms with Gasteiger partial charge in [0.1, 0.15) is 11.2 Å². The number of aryl methyl sites for hydroxylation is 3. The fourth-order valence-electron chi connectivity index (χ4n) is 6.46. The van der Waals surface area contributed by atoms with Crippen LogP contribution in [0.1, 0.15) is 16.7 Å². The van der Waals surface area contributed by atoms with Gasteiger partial charge in [-0.05, 0) is 95.6 Å². The molecule has 2 nitrogen and oxygen atoms in total. The van der Waals surface area contributed by atoms with Gasteiger partial charge in [-0.2, -0.15) is 0 Å². The minimum atomic E-state index is 0.940. The summed E-state index contributed by atoms with van der Waals surface area (Å²) in [5.74, 6) is 0. The summed E-state index contributed by atoms with van der Waals surface area (Å²) in [6.07, 6.45) is 0. The van der Waals surface area contributed by atoms with Crippen LogP contribution in [0.4, 0.5) is 0 Å². The predicted molar refractivity (Wildman–Crippen MR) is 169 cm³/mol. The van der Waals surface area contributed by atoms with Crippen LogP contribution in [0.2, 0.25) is 0 Å². The molecule has 2 aromatic heterocycles. The monoisotopic (exact) mass is 513 g/mol. The van der Waals surface area contributed by atoms with Crippen molar-refractivity contribution in [2.75, 3.05) is 0 Å². The smallest absolute Gasteiger partial charge is 0.143 e. The lowest BCUT2D eigenvalue weighted by molar-refractivity contribution is 0.666. The minimum Gasteiger partial charge on any atom is -0.455 e. The van der Waals surface area contributed by atoms with E-state index in [0.29, 0.717) is 0 Å². The summed E-state index contributed by atoms with van der Waals surface area (Å²) in [7, 11) is 0. The van der Waals surface area contributed by atoms with Gasteiger partial charge in [-0.1, -0.05) is 72.8 Å². The molecule has 2 heteroatoms. The van der Waals surface area contributed by atoms with E-state index in [0.717, 1.165) is 39.1 Å². The summed E-state index contributed by atoms with van der Waals surface area (Å²) >= 11 is 0. The third-order valence-electron chi connectivity index (χ3n) is 8.20. The van der Waals surface area contributed by atoms with E-state index in [2.05, 4.69) is 130 Å². The van der Waals surface area contributed by atoms with E-state index >= 15 is 0 Å². The van der Waals surface area contributed by atoms with Gasteiger partial charge < -0.3 is 4.42 Å². The lowest BCUT2D eigenvalue weighted by atomic mass is 9.95. The predicted octanol–water partition coefficient (Wildman–Crippen LogP) is 10.7. The highest BCUT2D eigenvalue weighted by molar-refractivity contribution is 6.24. The van der Waals surface area contributed by atoms with Crippen LogP contribution in [0.5, 0.6) is 0 Å². The zero-order valence-electron chi connectivity index (χ0n) is 22.7. The largest absolute Gasteiger partial charge is 0.455 e. The molecule has 0 fully saturated rings. The third-order valence-corrected chi connectivity index (χ3v) is 8.20. The van der Waals surface area contributed by atoms with Crippen molar-refractivity contribution in [2.45, 2.75) is 20.8 Å². The van der Waals surface area contributed by atoms with E-state index in [9.17, 15) is 0 Å². The third kappa shape index (κ3) is 3.39. The Morgan fingerprint density at radius 2 is 1.07 bits per heavy atom. The second-order valence-corrected chi connectivity index (χ2v) is 11.0. The van der Waals surface area contributed by atoms with E-state index in [-0.39, 0.29) is 0 Å². The molecule has 0 saturated carbocycles. The normalized spacial score (nSPS) is 11.9. The van der Waals surface area contributed by atoms with Gasteiger partial charge in [0.15, 0.2) is 0 Å². The van der Waals surface area contributed by atoms with Gasteiger partial charge in [-0.3, -0.25) is 0 Å². The Morgan fingerprint density at radius 1 is 0.475 bits per heavy atom. The van der Waals surface area contributed by atoms with E-state index < -0.39 is 0 Å². The van der Waals surface area contributed by atoms with E-state index in [1.54, 1.807) is 0 Å². The molecule has 0 N–H and O–H groups in total. The highest BCUT2D eigenvalue weighted by Gasteiger charge is 2.16. The molecule has 40 heavy (non-hydrogen) atoms. The first-order valence-electron chi connectivity index (χ1n) is 13.8. The van der Waals surface area contributed by atoms with Crippen molar-refractivity contribution < 1.29 is 4.42 Å². The molecule has 0 aliphatic heterocycles. The summed E-state index contributed by atoms with van der Waals surface area (Å²) in [5.41, 5.74) is 10.9. The Morgan fingerprint density at radius 3 is 1.82 bits per heavy atom. The molecular formula is C38H27NO. The van der Waals surface area contributed by atoms with Gasteiger partial charge in [0, 0.05) is 32.7 Å². The maximum Gasteiger partial charge on any atom is 0.143 e. The lowest BCUT2D eigenvalue weighted by Gasteiger charge is -2.12. The highest BCUT2D eigenvalue weighted by Crippen LogP contribution is 2.40. The Balaban J connectivity index is 1.35. The van der Waals surface area contributed by atoms with Crippen LogP contribution >= 0.6 is 0 Å². The quantitative estimate of drug-likeness (QED) is 0.215. The van der Waals surface area contributed by atoms with Crippen LogP contribution in [0.25, 0.3) is 76.8 Å². The Bertz CT molecular complexity index is 2270. The molecular weight excluding hydrogens is 486 g/mol. The van der Waals surface area contributed by atoms with Crippen LogP contribution in [0.15, 0.2) is 114 Å². The van der Waals surface area contributed by atoms with Crippen LogP contribution in [0, 0.1) is 20.8 Å². The van der Waals surface area contributed by atoms with Crippen molar-refractivity contribution in [2.24, 2.45) is 0 Å². The van der Waals surface area contributed by atoms with Crippen molar-refractivity contribution >= 4 is 54.4 Å². The van der Waals surface area contributed by atoms with Crippen molar-refractivity contribution in [3.63, 3.8) is 0 Å². The van der Waals surface area contributed by atoms with E-state index in [1.807, 2.05) is 0 Å². The maximum absolute atomic E-state index is 6.56. The summed E-state index contributed by atoms with van der Waals surface area (Å²) in [6.45, 7) is 6.44. The molecule has 190 valence electrons. The molecule has 0 amide bonds. The van der Waals surface area contributed by atoms with Crippen LogP contribution in [-0.4, -0.2) is 4.98 Å². The first kappa shape index (κ1) is 23.0. The number of pyridine rings is 1. The van der Waals surface area contributed by atoms with Crippen LogP contribution in [0.3, 0.4) is 0 Å². The summed E-state index contributed by atoms with van der Waals surface area (Å²) < 4.78 is 6.56. The molecule has 8 aromatic rings. The van der Waals surface area contributed by atoms with Gasteiger partial charge in [0.05, 0.1) is 11.2 Å². The molecule has 0 aliphatic carbocycles. The highest BCUT2D eigenvalue weighted by atomic mass is 16.3. The number of rotatable bonds is 2. The molecule has 6 aromatic carbocycles. The average Bonchev–Trinajstić information content (AvgIpc) is 3.35. The topological polar surface area (TPSA) is 26.0 Å². The van der Waals surface area contributed by atoms with Crippen molar-refractivity contribution in [3.05, 3.63) is 126 Å². The van der Waals surface area contributed by atoms with Crippen molar-refractivity contribution in [1.82, 2.24) is 4.98 Å². The number of furan rings is 1. The lowest BCUT2D eigenvalue weighted by Crippen LogP contribution is -1.90. The fourth-order valence-corrected chi connectivity index (χ4v) is 6.46. The summed E-state index contributed by atoms with van der Waals surface area (Å²) in [5, 5.41) is 8.46. The molecule has 0 saturated heterocycles. The molecule has 0 atom stereocenters. The number of fused-ring (bicyclic) bond motifs is 9. The standard InChI is InChI=1S/C38H27NO/c1-22-17-24(3)37-33(19-22)34-20-23(2)18-32(38(34)40-37)25-9-8-10-26(21-25)35-16-15-31-29-13-5-4-11-27(29)28-12-6-7-14-30(28)36(31)39-35/h4-21H,1-3H3. The molecule has 0 unspecified atom stereocenters. The van der Waals surface area contributed by atoms with Gasteiger partial charge >= 0.3 is 0 Å². The average molecular weight is 514 g/mol. The number of hydrogen-bond acceptors (Lipinski definition) is 2. The second kappa shape index (κ2) is 8.53. The zero-order valence-corrected chi connectivity index (χ0v) is 22.7. The fraction of sp³-hybridized carbons (Fsp3) is 0.0789. The maximum atomic E-state index is 6.56. The van der Waals surface area contributed by atoms with Crippen molar-refractivity contribution in [3.8, 4) is 22.4 Å². The minimum absolute atomic E-state index is 0.940. The number of nitrogens with zero attached hydrogens (tertiary/aromatic N) is 1. The van der Waals surface area contributed by atoms with E-state index in [4.69, 9.17) is 9.40 Å². The zero-order chi connectivity index (χ0) is 27.0. The van der Waals surface area contributed by atoms with Crippen LogP contribution < -0.4 is 0 Å². The van der Waals surface area contributed by atoms with E-state index in [1.165, 1.54) is 54.4 Å². The summed E-state index contributed by atoms with van der Waals surface area (Å²) in [4.78, 5) is 5.27. The van der Waals surface area contributed by atoms with Gasteiger partial charge in [-0.25, -0.2) is 4.98 Å². The summed E-state index contributed by atoms with van der Waals surface area (Å²) in [6, 6.07) is 39.2. The second-order valence-electron chi connectivity index (χ2n) is 11.0. The van der Waals surface area contributed by atoms with Gasteiger partial charge in [-0.15, -0.1) is 0 Å². The number of hydrogen-bond donors (Lipinski definition) is 0.